The van der Waals surface area contributed by atoms with E-state index in [1.165, 1.54) is 24.3 Å². The van der Waals surface area contributed by atoms with Crippen LogP contribution in [0.3, 0.4) is 0 Å². The van der Waals surface area contributed by atoms with E-state index in [0.717, 1.165) is 24.8 Å². The summed E-state index contributed by atoms with van der Waals surface area (Å²) in [5.41, 5.74) is -9.10. The Balaban J connectivity index is 2.00. The molecule has 40 heavy (non-hydrogen) atoms. The first kappa shape index (κ1) is 30.1. The molecule has 3 rings (SSSR count). The van der Waals surface area contributed by atoms with Crippen molar-refractivity contribution in [3.8, 4) is 12.3 Å². The van der Waals surface area contributed by atoms with Crippen molar-refractivity contribution in [2.24, 2.45) is 0 Å². The summed E-state index contributed by atoms with van der Waals surface area (Å²) in [5, 5.41) is 2.24. The lowest BCUT2D eigenvalue weighted by Crippen LogP contribution is -2.50. The Bertz CT molecular complexity index is 1440. The summed E-state index contributed by atoms with van der Waals surface area (Å²) in [6.07, 6.45) is -7.29. The van der Waals surface area contributed by atoms with Crippen molar-refractivity contribution in [1.82, 2.24) is 0 Å². The van der Waals surface area contributed by atoms with Crippen LogP contribution in [0, 0.1) is 32.0 Å². The molecule has 0 radical (unpaired) electrons. The molecule has 0 aromatic heterocycles. The average molecular weight is 568 g/mol. The predicted octanol–water partition coefficient (Wildman–Crippen LogP) is 7.26. The monoisotopic (exact) mass is 568 g/mol. The number of rotatable bonds is 6. The van der Waals surface area contributed by atoms with E-state index >= 15 is 4.39 Å². The number of aryl methyl sites for hydroxylation is 2. The number of benzene rings is 3. The summed E-state index contributed by atoms with van der Waals surface area (Å²) in [7, 11) is 0. The molecule has 0 saturated carbocycles. The fourth-order valence-corrected chi connectivity index (χ4v) is 4.03. The smallest absolute Gasteiger partial charge is 0.321 e. The van der Waals surface area contributed by atoms with Gasteiger partial charge in [-0.15, -0.1) is 6.42 Å². The normalized spacial score (nSPS) is 12.0. The Kier molecular flexibility index (Phi) is 8.29. The van der Waals surface area contributed by atoms with Gasteiger partial charge in [0.05, 0.1) is 17.8 Å². The van der Waals surface area contributed by atoms with Gasteiger partial charge < -0.3 is 5.32 Å². The number of nitrogens with one attached hydrogen (secondary N) is 1. The number of halogens is 8. The second kappa shape index (κ2) is 11.0. The molecular weight excluding hydrogens is 548 g/mol. The topological polar surface area (TPSA) is 49.4 Å². The van der Waals surface area contributed by atoms with Crippen molar-refractivity contribution in [2.45, 2.75) is 31.9 Å². The van der Waals surface area contributed by atoms with Gasteiger partial charge >= 0.3 is 18.0 Å². The van der Waals surface area contributed by atoms with E-state index in [2.05, 4.69) is 11.2 Å². The molecule has 0 fully saturated rings. The highest BCUT2D eigenvalue weighted by Gasteiger charge is 2.73. The molecule has 3 aromatic carbocycles. The van der Waals surface area contributed by atoms with Gasteiger partial charge in [-0.25, -0.2) is 8.78 Å². The molecule has 0 aliphatic heterocycles. The quantitative estimate of drug-likeness (QED) is 0.251. The van der Waals surface area contributed by atoms with E-state index < -0.39 is 46.8 Å². The first-order valence-electron chi connectivity index (χ1n) is 11.4. The lowest BCUT2D eigenvalue weighted by Gasteiger charge is -2.31. The van der Waals surface area contributed by atoms with Crippen LogP contribution in [0.1, 0.15) is 37.4 Å². The number of carbonyl (C=O) groups excluding carboxylic acids is 2. The van der Waals surface area contributed by atoms with E-state index in [1.807, 2.05) is 0 Å². The number of hydrogen-bond donors (Lipinski definition) is 1. The standard InChI is InChI=1S/C28H20F8N2O2/c1-4-13-38(25(40)18-9-6-5-7-10-18)21-12-8-11-20(22(21)29)24(39)37-23-16(2)14-19(15-17(23)3)26(30,27(31,32)33)28(34,35)36/h1,5-12,14-15H,13H2,2-3H3,(H,37,39). The van der Waals surface area contributed by atoms with Crippen molar-refractivity contribution in [3.05, 3.63) is 94.3 Å². The van der Waals surface area contributed by atoms with Crippen molar-refractivity contribution in [1.29, 1.82) is 0 Å². The van der Waals surface area contributed by atoms with Crippen molar-refractivity contribution in [2.75, 3.05) is 16.8 Å². The molecule has 0 unspecified atom stereocenters. The largest absolute Gasteiger partial charge is 0.435 e. The molecule has 0 aliphatic rings. The molecule has 0 heterocycles. The zero-order valence-corrected chi connectivity index (χ0v) is 20.8. The Morgan fingerprint density at radius 2 is 1.43 bits per heavy atom. The molecule has 0 atom stereocenters. The van der Waals surface area contributed by atoms with Crippen LogP contribution < -0.4 is 10.2 Å². The molecule has 0 saturated heterocycles. The van der Waals surface area contributed by atoms with Crippen LogP contribution in [0.25, 0.3) is 0 Å². The van der Waals surface area contributed by atoms with Gasteiger partial charge in [-0.3, -0.25) is 14.5 Å². The Morgan fingerprint density at radius 3 is 1.93 bits per heavy atom. The molecule has 0 bridgehead atoms. The first-order valence-corrected chi connectivity index (χ1v) is 11.4. The molecule has 210 valence electrons. The van der Waals surface area contributed by atoms with Gasteiger partial charge in [0.2, 0.25) is 0 Å². The minimum absolute atomic E-state index is 0.181. The summed E-state index contributed by atoms with van der Waals surface area (Å²) in [6, 6.07) is 11.9. The Morgan fingerprint density at radius 1 is 0.875 bits per heavy atom. The zero-order valence-electron chi connectivity index (χ0n) is 20.8. The SMILES string of the molecule is C#CCN(C(=O)c1ccccc1)c1cccc(C(=O)Nc2c(C)cc(C(F)(C(F)(F)F)C(F)(F)F)cc2C)c1F. The summed E-state index contributed by atoms with van der Waals surface area (Å²) < 4.78 is 109. The Hall–Kier alpha value is -4.40. The van der Waals surface area contributed by atoms with Gasteiger partial charge in [0.15, 0.2) is 5.82 Å². The van der Waals surface area contributed by atoms with Crippen LogP contribution in [0.15, 0.2) is 60.7 Å². The third-order valence-corrected chi connectivity index (χ3v) is 5.98. The maximum absolute atomic E-state index is 15.5. The fourth-order valence-electron chi connectivity index (χ4n) is 4.03. The molecular formula is C28H20F8N2O2. The van der Waals surface area contributed by atoms with E-state index in [0.29, 0.717) is 12.1 Å². The molecule has 3 aromatic rings. The second-order valence-corrected chi connectivity index (χ2v) is 8.69. The van der Waals surface area contributed by atoms with Crippen LogP contribution >= 0.6 is 0 Å². The van der Waals surface area contributed by atoms with Gasteiger partial charge in [-0.05, 0) is 49.2 Å². The third-order valence-electron chi connectivity index (χ3n) is 5.98. The number of alkyl halides is 7. The first-order chi connectivity index (χ1) is 18.5. The molecule has 0 aliphatic carbocycles. The highest BCUT2D eigenvalue weighted by Crippen LogP contribution is 2.53. The van der Waals surface area contributed by atoms with Crippen molar-refractivity contribution >= 4 is 23.2 Å². The van der Waals surface area contributed by atoms with Crippen molar-refractivity contribution < 1.29 is 44.7 Å². The third kappa shape index (κ3) is 5.50. The van der Waals surface area contributed by atoms with Crippen LogP contribution in [-0.4, -0.2) is 30.7 Å². The van der Waals surface area contributed by atoms with Gasteiger partial charge in [-0.1, -0.05) is 42.3 Å². The number of carbonyl (C=O) groups is 2. The maximum atomic E-state index is 15.5. The minimum atomic E-state index is -6.32. The zero-order chi connectivity index (χ0) is 30.0. The van der Waals surface area contributed by atoms with Gasteiger partial charge in [0, 0.05) is 16.8 Å². The van der Waals surface area contributed by atoms with Crippen molar-refractivity contribution in [3.63, 3.8) is 0 Å². The molecule has 2 amide bonds. The number of terminal acetylenes is 1. The van der Waals surface area contributed by atoms with Crippen LogP contribution in [-0.2, 0) is 5.67 Å². The molecule has 4 nitrogen and oxygen atoms in total. The van der Waals surface area contributed by atoms with Gasteiger partial charge in [0.25, 0.3) is 11.8 Å². The lowest BCUT2D eigenvalue weighted by molar-refractivity contribution is -0.348. The van der Waals surface area contributed by atoms with E-state index in [1.54, 1.807) is 18.2 Å². The van der Waals surface area contributed by atoms with E-state index in [4.69, 9.17) is 6.42 Å². The highest BCUT2D eigenvalue weighted by atomic mass is 19.4. The summed E-state index contributed by atoms with van der Waals surface area (Å²) in [5.74, 6) is -0.731. The van der Waals surface area contributed by atoms with Gasteiger partial charge in [0.1, 0.15) is 0 Å². The average Bonchev–Trinajstić information content (AvgIpc) is 2.87. The Labute approximate surface area is 223 Å². The minimum Gasteiger partial charge on any atom is -0.321 e. The van der Waals surface area contributed by atoms with E-state index in [9.17, 15) is 40.3 Å². The predicted molar refractivity (Wildman–Crippen MR) is 132 cm³/mol. The number of anilines is 2. The van der Waals surface area contributed by atoms with Crippen LogP contribution in [0.4, 0.5) is 46.5 Å². The van der Waals surface area contributed by atoms with Crippen LogP contribution in [0.5, 0.6) is 0 Å². The number of hydrogen-bond acceptors (Lipinski definition) is 2. The molecule has 1 N–H and O–H groups in total. The fraction of sp³-hybridized carbons (Fsp3) is 0.214. The maximum Gasteiger partial charge on any atom is 0.435 e. The summed E-state index contributed by atoms with van der Waals surface area (Å²) in [6.45, 7) is 1.75. The van der Waals surface area contributed by atoms with Gasteiger partial charge in [-0.2, -0.15) is 26.3 Å². The second-order valence-electron chi connectivity index (χ2n) is 8.69. The van der Waals surface area contributed by atoms with E-state index in [-0.39, 0.29) is 34.6 Å². The van der Waals surface area contributed by atoms with Crippen LogP contribution in [0.2, 0.25) is 0 Å². The number of nitrogens with zero attached hydrogens (tertiary/aromatic N) is 1. The highest BCUT2D eigenvalue weighted by molar-refractivity contribution is 6.09. The molecule has 12 heteroatoms. The lowest BCUT2D eigenvalue weighted by atomic mass is 9.90. The summed E-state index contributed by atoms with van der Waals surface area (Å²) in [4.78, 5) is 26.9. The molecule has 0 spiro atoms. The number of amides is 2. The summed E-state index contributed by atoms with van der Waals surface area (Å²) >= 11 is 0.